The summed E-state index contributed by atoms with van der Waals surface area (Å²) in [5.41, 5.74) is 0. The molecule has 0 radical (unpaired) electrons. The Bertz CT molecular complexity index is 197. The van der Waals surface area contributed by atoms with Crippen LogP contribution in [0.4, 0.5) is 0 Å². The molecule has 0 aromatic heterocycles. The number of rotatable bonds is 12. The molecule has 0 aliphatic rings. The van der Waals surface area contributed by atoms with Crippen LogP contribution in [-0.2, 0) is 4.79 Å². The van der Waals surface area contributed by atoms with Gasteiger partial charge < -0.3 is 12.0 Å². The SMILES string of the molecule is [CH2-]CCCC/C=C\CCCCCCCC(=O)O. The third kappa shape index (κ3) is 15.2. The van der Waals surface area contributed by atoms with E-state index in [1.165, 1.54) is 44.9 Å². The standard InChI is InChI=1S/C15H27O2/c1-2-3-4-5-6-7-8-9-10-11-12-13-14-15(16)17/h6-7H,1-5,8-14H2,(H,16,17)/q-1/b7-6-. The summed E-state index contributed by atoms with van der Waals surface area (Å²) in [5.74, 6) is -0.671. The Balaban J connectivity index is 3.05. The number of carbonyl (C=O) groups is 1. The number of unbranched alkanes of at least 4 members (excludes halogenated alkanes) is 8. The fourth-order valence-corrected chi connectivity index (χ4v) is 1.74. The number of hydrogen-bond donors (Lipinski definition) is 1. The van der Waals surface area contributed by atoms with Crippen LogP contribution in [0.2, 0.25) is 0 Å². The van der Waals surface area contributed by atoms with Gasteiger partial charge in [0.25, 0.3) is 0 Å². The third-order valence-electron chi connectivity index (χ3n) is 2.80. The summed E-state index contributed by atoms with van der Waals surface area (Å²) >= 11 is 0. The topological polar surface area (TPSA) is 37.3 Å². The average Bonchev–Trinajstić information content (AvgIpc) is 2.30. The molecule has 0 saturated heterocycles. The van der Waals surface area contributed by atoms with Gasteiger partial charge in [-0.1, -0.05) is 44.3 Å². The lowest BCUT2D eigenvalue weighted by molar-refractivity contribution is -0.137. The first kappa shape index (κ1) is 16.2. The van der Waals surface area contributed by atoms with E-state index in [0.29, 0.717) is 6.42 Å². The van der Waals surface area contributed by atoms with Crippen molar-refractivity contribution < 1.29 is 9.90 Å². The van der Waals surface area contributed by atoms with Crippen molar-refractivity contribution in [2.45, 2.75) is 70.6 Å². The summed E-state index contributed by atoms with van der Waals surface area (Å²) in [7, 11) is 0. The number of carboxylic acid groups (broad SMARTS) is 1. The van der Waals surface area contributed by atoms with E-state index in [1.54, 1.807) is 0 Å². The quantitative estimate of drug-likeness (QED) is 0.303. The second-order valence-corrected chi connectivity index (χ2v) is 4.52. The van der Waals surface area contributed by atoms with E-state index in [9.17, 15) is 4.79 Å². The Hall–Kier alpha value is -0.790. The molecule has 0 spiro atoms. The first-order chi connectivity index (χ1) is 8.27. The Morgan fingerprint density at radius 2 is 1.41 bits per heavy atom. The van der Waals surface area contributed by atoms with Gasteiger partial charge in [0.2, 0.25) is 0 Å². The zero-order valence-corrected chi connectivity index (χ0v) is 11.0. The van der Waals surface area contributed by atoms with E-state index in [0.717, 1.165) is 19.3 Å². The molecule has 0 aromatic carbocycles. The van der Waals surface area contributed by atoms with Crippen LogP contribution in [0.15, 0.2) is 12.2 Å². The highest BCUT2D eigenvalue weighted by Gasteiger charge is 1.95. The van der Waals surface area contributed by atoms with Crippen LogP contribution in [0.3, 0.4) is 0 Å². The van der Waals surface area contributed by atoms with Crippen LogP contribution in [-0.4, -0.2) is 11.1 Å². The van der Waals surface area contributed by atoms with Gasteiger partial charge in [-0.15, -0.1) is 0 Å². The number of allylic oxidation sites excluding steroid dienone is 2. The molecule has 0 unspecified atom stereocenters. The van der Waals surface area contributed by atoms with Crippen molar-refractivity contribution in [2.75, 3.05) is 0 Å². The Labute approximate surface area is 106 Å². The lowest BCUT2D eigenvalue weighted by Crippen LogP contribution is -1.93. The maximum absolute atomic E-state index is 10.3. The maximum atomic E-state index is 10.3. The zero-order valence-electron chi connectivity index (χ0n) is 11.0. The lowest BCUT2D eigenvalue weighted by Gasteiger charge is -1.98. The van der Waals surface area contributed by atoms with Gasteiger partial charge in [-0.3, -0.25) is 4.79 Å². The van der Waals surface area contributed by atoms with Crippen molar-refractivity contribution in [3.63, 3.8) is 0 Å². The molecule has 2 nitrogen and oxygen atoms in total. The number of aliphatic carboxylic acids is 1. The molecule has 0 aliphatic heterocycles. The maximum Gasteiger partial charge on any atom is 0.303 e. The molecule has 2 heteroatoms. The fourth-order valence-electron chi connectivity index (χ4n) is 1.74. The predicted octanol–water partition coefficient (Wildman–Crippen LogP) is 4.75. The van der Waals surface area contributed by atoms with Crippen molar-refractivity contribution in [1.82, 2.24) is 0 Å². The fraction of sp³-hybridized carbons (Fsp3) is 0.733. The average molecular weight is 239 g/mol. The van der Waals surface area contributed by atoms with Gasteiger partial charge in [0.15, 0.2) is 0 Å². The Morgan fingerprint density at radius 1 is 0.882 bits per heavy atom. The summed E-state index contributed by atoms with van der Waals surface area (Å²) in [4.78, 5) is 10.3. The van der Waals surface area contributed by atoms with Crippen LogP contribution in [0.5, 0.6) is 0 Å². The molecular formula is C15H27O2-. The lowest BCUT2D eigenvalue weighted by atomic mass is 10.1. The van der Waals surface area contributed by atoms with Gasteiger partial charge in [0, 0.05) is 6.42 Å². The van der Waals surface area contributed by atoms with E-state index in [1.807, 2.05) is 0 Å². The minimum Gasteiger partial charge on any atom is -0.481 e. The Kier molecular flexibility index (Phi) is 12.7. The van der Waals surface area contributed by atoms with Crippen molar-refractivity contribution in [3.8, 4) is 0 Å². The summed E-state index contributed by atoms with van der Waals surface area (Å²) in [6, 6.07) is 0. The van der Waals surface area contributed by atoms with E-state index < -0.39 is 5.97 Å². The first-order valence-corrected chi connectivity index (χ1v) is 6.93. The monoisotopic (exact) mass is 239 g/mol. The van der Waals surface area contributed by atoms with Crippen molar-refractivity contribution in [2.24, 2.45) is 0 Å². The summed E-state index contributed by atoms with van der Waals surface area (Å²) in [6.45, 7) is 3.82. The third-order valence-corrected chi connectivity index (χ3v) is 2.80. The van der Waals surface area contributed by atoms with Crippen LogP contribution in [0.1, 0.15) is 70.6 Å². The van der Waals surface area contributed by atoms with E-state index in [4.69, 9.17) is 5.11 Å². The molecule has 0 heterocycles. The predicted molar refractivity (Wildman–Crippen MR) is 72.9 cm³/mol. The van der Waals surface area contributed by atoms with E-state index in [-0.39, 0.29) is 0 Å². The number of hydrogen-bond acceptors (Lipinski definition) is 1. The molecule has 17 heavy (non-hydrogen) atoms. The van der Waals surface area contributed by atoms with Crippen LogP contribution < -0.4 is 0 Å². The van der Waals surface area contributed by atoms with Crippen LogP contribution >= 0.6 is 0 Å². The van der Waals surface area contributed by atoms with Gasteiger partial charge >= 0.3 is 5.97 Å². The van der Waals surface area contributed by atoms with Gasteiger partial charge in [0.1, 0.15) is 0 Å². The van der Waals surface area contributed by atoms with Crippen molar-refractivity contribution in [3.05, 3.63) is 19.1 Å². The van der Waals surface area contributed by atoms with Crippen LogP contribution in [0.25, 0.3) is 0 Å². The molecule has 1 N–H and O–H groups in total. The van der Waals surface area contributed by atoms with Crippen LogP contribution in [0, 0.1) is 6.92 Å². The van der Waals surface area contributed by atoms with E-state index in [2.05, 4.69) is 19.1 Å². The largest absolute Gasteiger partial charge is 0.481 e. The highest BCUT2D eigenvalue weighted by Crippen LogP contribution is 2.08. The summed E-state index contributed by atoms with van der Waals surface area (Å²) in [5, 5.41) is 8.46. The first-order valence-electron chi connectivity index (χ1n) is 6.93. The molecule has 0 fully saturated rings. The van der Waals surface area contributed by atoms with Crippen molar-refractivity contribution in [1.29, 1.82) is 0 Å². The Morgan fingerprint density at radius 3 is 2.00 bits per heavy atom. The minimum atomic E-state index is -0.671. The highest BCUT2D eigenvalue weighted by atomic mass is 16.4. The highest BCUT2D eigenvalue weighted by molar-refractivity contribution is 5.66. The second kappa shape index (κ2) is 13.3. The van der Waals surface area contributed by atoms with Gasteiger partial charge in [-0.05, 0) is 25.7 Å². The summed E-state index contributed by atoms with van der Waals surface area (Å²) in [6.07, 6.45) is 16.3. The molecule has 100 valence electrons. The molecular weight excluding hydrogens is 212 g/mol. The van der Waals surface area contributed by atoms with Crippen molar-refractivity contribution >= 4 is 5.97 Å². The number of carboxylic acids is 1. The van der Waals surface area contributed by atoms with Gasteiger partial charge in [0.05, 0.1) is 0 Å². The smallest absolute Gasteiger partial charge is 0.303 e. The second-order valence-electron chi connectivity index (χ2n) is 4.52. The zero-order chi connectivity index (χ0) is 12.8. The molecule has 0 saturated carbocycles. The molecule has 0 aromatic rings. The van der Waals surface area contributed by atoms with Gasteiger partial charge in [-0.25, -0.2) is 0 Å². The van der Waals surface area contributed by atoms with E-state index >= 15 is 0 Å². The molecule has 0 amide bonds. The van der Waals surface area contributed by atoms with Gasteiger partial charge in [-0.2, -0.15) is 6.42 Å². The molecule has 0 bridgehead atoms. The minimum absolute atomic E-state index is 0.326. The molecule has 0 atom stereocenters. The molecule has 0 rings (SSSR count). The molecule has 0 aliphatic carbocycles. The normalized spacial score (nSPS) is 11.1. The summed E-state index contributed by atoms with van der Waals surface area (Å²) < 4.78 is 0.